The molecule has 1 aliphatic rings. The molecule has 0 aliphatic carbocycles. The van der Waals surface area contributed by atoms with E-state index < -0.39 is 16.0 Å². The first-order valence-electron chi connectivity index (χ1n) is 9.83. The topological polar surface area (TPSA) is 80.8 Å². The molecule has 0 unspecified atom stereocenters. The van der Waals surface area contributed by atoms with Crippen molar-refractivity contribution in [2.24, 2.45) is 0 Å². The second-order valence-electron chi connectivity index (χ2n) is 7.28. The highest BCUT2D eigenvalue weighted by Crippen LogP contribution is 2.35. The van der Waals surface area contributed by atoms with Crippen LogP contribution in [0.5, 0.6) is 5.75 Å². The first-order valence-corrected chi connectivity index (χ1v) is 12.8. The maximum Gasteiger partial charge on any atom is 0.339 e. The zero-order chi connectivity index (χ0) is 23.6. The second kappa shape index (κ2) is 9.54. The molecule has 1 aliphatic heterocycles. The third-order valence-electron chi connectivity index (χ3n) is 4.84. The molecule has 1 fully saturated rings. The third-order valence-corrected chi connectivity index (χ3v) is 7.53. The number of aryl methyl sites for hydroxylation is 1. The van der Waals surface area contributed by atoms with Crippen molar-refractivity contribution in [1.82, 2.24) is 4.90 Å². The summed E-state index contributed by atoms with van der Waals surface area (Å²) in [6, 6.07) is 20.1. The van der Waals surface area contributed by atoms with Crippen LogP contribution in [-0.2, 0) is 21.5 Å². The molecular formula is C24H18BrNO5S2. The van der Waals surface area contributed by atoms with Gasteiger partial charge in [0.15, 0.2) is 0 Å². The Morgan fingerprint density at radius 2 is 1.64 bits per heavy atom. The van der Waals surface area contributed by atoms with Crippen molar-refractivity contribution in [3.63, 3.8) is 0 Å². The Balaban J connectivity index is 1.58. The van der Waals surface area contributed by atoms with E-state index in [1.165, 1.54) is 24.3 Å². The predicted octanol–water partition coefficient (Wildman–Crippen LogP) is 5.76. The van der Waals surface area contributed by atoms with Gasteiger partial charge in [-0.25, -0.2) is 0 Å². The van der Waals surface area contributed by atoms with Crippen molar-refractivity contribution in [3.8, 4) is 5.75 Å². The van der Waals surface area contributed by atoms with Crippen LogP contribution in [0.1, 0.15) is 16.7 Å². The van der Waals surface area contributed by atoms with Crippen LogP contribution in [0.15, 0.2) is 87.1 Å². The Bertz CT molecular complexity index is 1350. The smallest absolute Gasteiger partial charge is 0.339 e. The molecule has 0 spiro atoms. The molecule has 1 heterocycles. The van der Waals surface area contributed by atoms with Gasteiger partial charge in [-0.3, -0.25) is 14.5 Å². The van der Waals surface area contributed by atoms with Crippen LogP contribution >= 0.6 is 27.7 Å². The van der Waals surface area contributed by atoms with Gasteiger partial charge >= 0.3 is 10.1 Å². The van der Waals surface area contributed by atoms with Crippen molar-refractivity contribution in [2.45, 2.75) is 18.4 Å². The molecule has 4 rings (SSSR count). The number of hydrogen-bond donors (Lipinski definition) is 0. The first kappa shape index (κ1) is 23.3. The SMILES string of the molecule is Cc1ccc(S(=O)(=O)Oc2ccccc2/C=C2\SC(=O)N(Cc3ccc(Br)cc3)C2=O)cc1. The summed E-state index contributed by atoms with van der Waals surface area (Å²) < 4.78 is 31.7. The van der Waals surface area contributed by atoms with E-state index >= 15 is 0 Å². The van der Waals surface area contributed by atoms with Gasteiger partial charge in [0.25, 0.3) is 11.1 Å². The van der Waals surface area contributed by atoms with Gasteiger partial charge in [-0.1, -0.05) is 64.0 Å². The standard InChI is InChI=1S/C24H18BrNO5S2/c1-16-6-12-20(13-7-16)33(29,30)31-21-5-3-2-4-18(21)14-22-23(27)26(24(28)32-22)15-17-8-10-19(25)11-9-17/h2-14H,15H2,1H3/b22-14-. The molecule has 0 bridgehead atoms. The van der Waals surface area contributed by atoms with Crippen molar-refractivity contribution in [1.29, 1.82) is 0 Å². The molecule has 0 N–H and O–H groups in total. The summed E-state index contributed by atoms with van der Waals surface area (Å²) in [5.74, 6) is -0.373. The van der Waals surface area contributed by atoms with Crippen LogP contribution in [0.4, 0.5) is 4.79 Å². The average molecular weight is 544 g/mol. The third kappa shape index (κ3) is 5.38. The highest BCUT2D eigenvalue weighted by molar-refractivity contribution is 9.10. The molecule has 0 radical (unpaired) electrons. The Morgan fingerprint density at radius 1 is 0.970 bits per heavy atom. The number of rotatable bonds is 6. The molecule has 168 valence electrons. The molecule has 0 atom stereocenters. The monoisotopic (exact) mass is 543 g/mol. The van der Waals surface area contributed by atoms with Crippen LogP contribution in [-0.4, -0.2) is 24.5 Å². The molecule has 2 amide bonds. The molecule has 1 saturated heterocycles. The molecule has 9 heteroatoms. The van der Waals surface area contributed by atoms with Gasteiger partial charge in [0.2, 0.25) is 0 Å². The fourth-order valence-corrected chi connectivity index (χ4v) is 5.14. The van der Waals surface area contributed by atoms with Crippen LogP contribution < -0.4 is 4.18 Å². The van der Waals surface area contributed by atoms with E-state index in [0.717, 1.165) is 32.3 Å². The quantitative estimate of drug-likeness (QED) is 0.290. The van der Waals surface area contributed by atoms with Gasteiger partial charge < -0.3 is 4.18 Å². The van der Waals surface area contributed by atoms with Crippen LogP contribution in [0.2, 0.25) is 0 Å². The molecule has 0 aromatic heterocycles. The minimum absolute atomic E-state index is 0.0257. The van der Waals surface area contributed by atoms with Crippen molar-refractivity contribution in [3.05, 3.63) is 98.9 Å². The summed E-state index contributed by atoms with van der Waals surface area (Å²) >= 11 is 4.17. The summed E-state index contributed by atoms with van der Waals surface area (Å²) in [7, 11) is -4.07. The second-order valence-corrected chi connectivity index (χ2v) is 10.7. The van der Waals surface area contributed by atoms with E-state index in [2.05, 4.69) is 15.9 Å². The Morgan fingerprint density at radius 3 is 2.33 bits per heavy atom. The minimum Gasteiger partial charge on any atom is -0.378 e. The highest BCUT2D eigenvalue weighted by atomic mass is 79.9. The number of imide groups is 1. The molecule has 33 heavy (non-hydrogen) atoms. The normalized spacial score (nSPS) is 15.3. The van der Waals surface area contributed by atoms with Gasteiger partial charge in [-0.15, -0.1) is 0 Å². The Hall–Kier alpha value is -2.88. The Labute approximate surface area is 204 Å². The number of hydrogen-bond acceptors (Lipinski definition) is 6. The first-order chi connectivity index (χ1) is 15.7. The van der Waals surface area contributed by atoms with Crippen LogP contribution in [0.3, 0.4) is 0 Å². The molecule has 6 nitrogen and oxygen atoms in total. The summed E-state index contributed by atoms with van der Waals surface area (Å²) in [4.78, 5) is 26.7. The van der Waals surface area contributed by atoms with E-state index in [1.54, 1.807) is 30.3 Å². The number of thioether (sulfide) groups is 1. The number of amides is 2. The zero-order valence-corrected chi connectivity index (χ0v) is 20.6. The number of carbonyl (C=O) groups is 2. The van der Waals surface area contributed by atoms with Crippen molar-refractivity contribution < 1.29 is 22.2 Å². The highest BCUT2D eigenvalue weighted by Gasteiger charge is 2.35. The van der Waals surface area contributed by atoms with Crippen molar-refractivity contribution in [2.75, 3.05) is 0 Å². The molecule has 0 saturated carbocycles. The lowest BCUT2D eigenvalue weighted by Crippen LogP contribution is -2.27. The van der Waals surface area contributed by atoms with E-state index in [0.29, 0.717) is 5.56 Å². The fourth-order valence-electron chi connectivity index (χ4n) is 3.10. The molecular weight excluding hydrogens is 526 g/mol. The molecule has 3 aromatic rings. The summed E-state index contributed by atoms with van der Waals surface area (Å²) in [6.45, 7) is 2.01. The van der Waals surface area contributed by atoms with E-state index in [4.69, 9.17) is 4.18 Å². The van der Waals surface area contributed by atoms with Crippen LogP contribution in [0, 0.1) is 6.92 Å². The number of halogens is 1. The maximum atomic E-state index is 12.9. The van der Waals surface area contributed by atoms with Gasteiger partial charge in [0.05, 0.1) is 11.4 Å². The van der Waals surface area contributed by atoms with Crippen LogP contribution in [0.25, 0.3) is 6.08 Å². The zero-order valence-electron chi connectivity index (χ0n) is 17.4. The van der Waals surface area contributed by atoms with Gasteiger partial charge in [-0.2, -0.15) is 8.42 Å². The number of benzene rings is 3. The van der Waals surface area contributed by atoms with Crippen molar-refractivity contribution >= 4 is 55.0 Å². The molecule has 3 aromatic carbocycles. The largest absolute Gasteiger partial charge is 0.378 e. The fraction of sp³-hybridized carbons (Fsp3) is 0.0833. The summed E-state index contributed by atoms with van der Waals surface area (Å²) in [6.07, 6.45) is 1.48. The Kier molecular flexibility index (Phi) is 6.73. The number of nitrogens with zero attached hydrogens (tertiary/aromatic N) is 1. The van der Waals surface area contributed by atoms with Gasteiger partial charge in [-0.05, 0) is 60.7 Å². The number of para-hydroxylation sites is 1. The summed E-state index contributed by atoms with van der Waals surface area (Å²) in [5, 5.41) is -0.389. The maximum absolute atomic E-state index is 12.9. The van der Waals surface area contributed by atoms with E-state index in [1.807, 2.05) is 31.2 Å². The minimum atomic E-state index is -4.07. The lowest BCUT2D eigenvalue weighted by molar-refractivity contribution is -0.123. The summed E-state index contributed by atoms with van der Waals surface area (Å²) in [5.41, 5.74) is 2.12. The van der Waals surface area contributed by atoms with E-state index in [-0.39, 0.29) is 27.3 Å². The predicted molar refractivity (Wildman–Crippen MR) is 131 cm³/mol. The lowest BCUT2D eigenvalue weighted by atomic mass is 10.2. The average Bonchev–Trinajstić information content (AvgIpc) is 3.04. The van der Waals surface area contributed by atoms with E-state index in [9.17, 15) is 18.0 Å². The lowest BCUT2D eigenvalue weighted by Gasteiger charge is -2.12. The van der Waals surface area contributed by atoms with Gasteiger partial charge in [0.1, 0.15) is 10.6 Å². The van der Waals surface area contributed by atoms with Gasteiger partial charge in [0, 0.05) is 10.0 Å². The number of carbonyl (C=O) groups excluding carboxylic acids is 2.